The van der Waals surface area contributed by atoms with E-state index in [9.17, 15) is 9.59 Å². The van der Waals surface area contributed by atoms with Crippen molar-refractivity contribution in [2.24, 2.45) is 5.41 Å². The fraction of sp³-hybridized carbons (Fsp3) is 0.333. The van der Waals surface area contributed by atoms with Gasteiger partial charge in [-0.2, -0.15) is 0 Å². The van der Waals surface area contributed by atoms with E-state index >= 15 is 0 Å². The molecule has 0 radical (unpaired) electrons. The van der Waals surface area contributed by atoms with Crippen molar-refractivity contribution in [1.82, 2.24) is 5.32 Å². The third-order valence-corrected chi connectivity index (χ3v) is 2.93. The molecule has 1 aromatic rings. The van der Waals surface area contributed by atoms with Crippen LogP contribution in [0.1, 0.15) is 23.2 Å². The fourth-order valence-electron chi connectivity index (χ4n) is 1.56. The molecule has 0 spiro atoms. The Balaban J connectivity index is 1.92. The first-order valence-electron chi connectivity index (χ1n) is 5.21. The van der Waals surface area contributed by atoms with Crippen molar-refractivity contribution in [1.29, 1.82) is 0 Å². The second-order valence-electron chi connectivity index (χ2n) is 4.13. The normalized spacial score (nSPS) is 16.5. The van der Waals surface area contributed by atoms with Crippen molar-refractivity contribution in [2.75, 3.05) is 6.54 Å². The second-order valence-corrected chi connectivity index (χ2v) is 4.13. The van der Waals surface area contributed by atoms with Crippen LogP contribution in [0.2, 0.25) is 0 Å². The summed E-state index contributed by atoms with van der Waals surface area (Å²) in [5.74, 6) is -1.03. The van der Waals surface area contributed by atoms with Gasteiger partial charge in [-0.3, -0.25) is 9.59 Å². The molecule has 84 valence electrons. The van der Waals surface area contributed by atoms with Gasteiger partial charge in [-0.25, -0.2) is 0 Å². The minimum atomic E-state index is -0.819. The highest BCUT2D eigenvalue weighted by Crippen LogP contribution is 2.45. The van der Waals surface area contributed by atoms with E-state index in [1.54, 1.807) is 24.3 Å². The number of rotatable bonds is 4. The van der Waals surface area contributed by atoms with Gasteiger partial charge >= 0.3 is 5.97 Å². The zero-order valence-corrected chi connectivity index (χ0v) is 8.77. The molecule has 16 heavy (non-hydrogen) atoms. The summed E-state index contributed by atoms with van der Waals surface area (Å²) in [7, 11) is 0. The predicted octanol–water partition coefficient (Wildman–Crippen LogP) is 1.28. The van der Waals surface area contributed by atoms with E-state index < -0.39 is 11.4 Å². The summed E-state index contributed by atoms with van der Waals surface area (Å²) in [5.41, 5.74) is -0.145. The third kappa shape index (κ3) is 2.05. The Kier molecular flexibility index (Phi) is 2.64. The first-order chi connectivity index (χ1) is 7.64. The largest absolute Gasteiger partial charge is 0.481 e. The lowest BCUT2D eigenvalue weighted by atomic mass is 10.1. The molecule has 1 aliphatic carbocycles. The Labute approximate surface area is 93.3 Å². The minimum Gasteiger partial charge on any atom is -0.481 e. The third-order valence-electron chi connectivity index (χ3n) is 2.93. The molecule has 2 rings (SSSR count). The van der Waals surface area contributed by atoms with Crippen LogP contribution in [0.3, 0.4) is 0 Å². The number of carbonyl (C=O) groups excluding carboxylic acids is 1. The van der Waals surface area contributed by atoms with Gasteiger partial charge in [0.1, 0.15) is 0 Å². The summed E-state index contributed by atoms with van der Waals surface area (Å²) in [6.07, 6.45) is 1.30. The summed E-state index contributed by atoms with van der Waals surface area (Å²) in [5, 5.41) is 11.6. The van der Waals surface area contributed by atoms with E-state index in [0.717, 1.165) is 0 Å². The monoisotopic (exact) mass is 219 g/mol. The number of hydrogen-bond donors (Lipinski definition) is 2. The van der Waals surface area contributed by atoms with Gasteiger partial charge in [-0.1, -0.05) is 18.2 Å². The van der Waals surface area contributed by atoms with Crippen molar-refractivity contribution in [3.05, 3.63) is 35.9 Å². The lowest BCUT2D eigenvalue weighted by Gasteiger charge is -2.10. The van der Waals surface area contributed by atoms with Crippen LogP contribution in [-0.2, 0) is 4.79 Å². The summed E-state index contributed by atoms with van der Waals surface area (Å²) in [6, 6.07) is 8.79. The zero-order chi connectivity index (χ0) is 11.6. The van der Waals surface area contributed by atoms with Gasteiger partial charge in [-0.15, -0.1) is 0 Å². The molecule has 0 aromatic heterocycles. The maximum Gasteiger partial charge on any atom is 0.311 e. The van der Waals surface area contributed by atoms with Crippen molar-refractivity contribution >= 4 is 11.9 Å². The van der Waals surface area contributed by atoms with E-state index in [0.29, 0.717) is 18.4 Å². The standard InChI is InChI=1S/C12H13NO3/c14-10(9-4-2-1-3-5-9)13-8-12(6-7-12)11(15)16/h1-5H,6-8H2,(H,13,14)(H,15,16). The highest BCUT2D eigenvalue weighted by molar-refractivity contribution is 5.94. The van der Waals surface area contributed by atoms with Crippen LogP contribution in [0.4, 0.5) is 0 Å². The van der Waals surface area contributed by atoms with Crippen LogP contribution in [0.5, 0.6) is 0 Å². The van der Waals surface area contributed by atoms with Gasteiger partial charge in [-0.05, 0) is 25.0 Å². The molecule has 4 nitrogen and oxygen atoms in total. The van der Waals surface area contributed by atoms with Crippen molar-refractivity contribution in [3.8, 4) is 0 Å². The topological polar surface area (TPSA) is 66.4 Å². The molecular weight excluding hydrogens is 206 g/mol. The van der Waals surface area contributed by atoms with Crippen molar-refractivity contribution in [2.45, 2.75) is 12.8 Å². The van der Waals surface area contributed by atoms with Crippen LogP contribution in [0.15, 0.2) is 30.3 Å². The van der Waals surface area contributed by atoms with Crippen molar-refractivity contribution in [3.63, 3.8) is 0 Å². The zero-order valence-electron chi connectivity index (χ0n) is 8.77. The SMILES string of the molecule is O=C(NCC1(C(=O)O)CC1)c1ccccc1. The van der Waals surface area contributed by atoms with Crippen LogP contribution < -0.4 is 5.32 Å². The number of amides is 1. The van der Waals surface area contributed by atoms with E-state index in [2.05, 4.69) is 5.32 Å². The molecule has 2 N–H and O–H groups in total. The van der Waals surface area contributed by atoms with Gasteiger partial charge in [0.05, 0.1) is 5.41 Å². The Morgan fingerprint density at radius 1 is 1.25 bits per heavy atom. The molecule has 0 bridgehead atoms. The highest BCUT2D eigenvalue weighted by atomic mass is 16.4. The van der Waals surface area contributed by atoms with Gasteiger partial charge in [0.25, 0.3) is 5.91 Å². The number of carbonyl (C=O) groups is 2. The predicted molar refractivity (Wildman–Crippen MR) is 58.1 cm³/mol. The second kappa shape index (κ2) is 3.96. The lowest BCUT2D eigenvalue weighted by Crippen LogP contribution is -2.34. The summed E-state index contributed by atoms with van der Waals surface area (Å²) < 4.78 is 0. The highest BCUT2D eigenvalue weighted by Gasteiger charge is 2.50. The van der Waals surface area contributed by atoms with E-state index in [1.807, 2.05) is 6.07 Å². The van der Waals surface area contributed by atoms with Crippen LogP contribution in [0.25, 0.3) is 0 Å². The molecular formula is C12H13NO3. The van der Waals surface area contributed by atoms with Crippen LogP contribution in [-0.4, -0.2) is 23.5 Å². The van der Waals surface area contributed by atoms with E-state index in [4.69, 9.17) is 5.11 Å². The van der Waals surface area contributed by atoms with Gasteiger partial charge < -0.3 is 10.4 Å². The summed E-state index contributed by atoms with van der Waals surface area (Å²) in [4.78, 5) is 22.5. The molecule has 1 saturated carbocycles. The smallest absolute Gasteiger partial charge is 0.311 e. The minimum absolute atomic E-state index is 0.215. The number of benzene rings is 1. The number of hydrogen-bond acceptors (Lipinski definition) is 2. The Morgan fingerprint density at radius 3 is 2.38 bits per heavy atom. The Morgan fingerprint density at radius 2 is 1.88 bits per heavy atom. The average Bonchev–Trinajstić information content (AvgIpc) is 3.08. The molecule has 1 aliphatic rings. The maximum absolute atomic E-state index is 11.6. The lowest BCUT2D eigenvalue weighted by molar-refractivity contribution is -0.143. The first kappa shape index (κ1) is 10.7. The summed E-state index contributed by atoms with van der Waals surface area (Å²) in [6.45, 7) is 0.218. The average molecular weight is 219 g/mol. The summed E-state index contributed by atoms with van der Waals surface area (Å²) >= 11 is 0. The Hall–Kier alpha value is -1.84. The van der Waals surface area contributed by atoms with Gasteiger partial charge in [0.15, 0.2) is 0 Å². The first-order valence-corrected chi connectivity index (χ1v) is 5.21. The van der Waals surface area contributed by atoms with Crippen LogP contribution >= 0.6 is 0 Å². The molecule has 0 unspecified atom stereocenters. The number of nitrogens with one attached hydrogen (secondary N) is 1. The molecule has 0 heterocycles. The molecule has 0 aliphatic heterocycles. The van der Waals surface area contributed by atoms with Gasteiger partial charge in [0.2, 0.25) is 0 Å². The maximum atomic E-state index is 11.6. The van der Waals surface area contributed by atoms with Crippen molar-refractivity contribution < 1.29 is 14.7 Å². The molecule has 4 heteroatoms. The Bertz CT molecular complexity index is 410. The molecule has 1 amide bonds. The number of aliphatic carboxylic acids is 1. The fourth-order valence-corrected chi connectivity index (χ4v) is 1.56. The van der Waals surface area contributed by atoms with Crippen LogP contribution in [0, 0.1) is 5.41 Å². The molecule has 1 aromatic carbocycles. The van der Waals surface area contributed by atoms with Gasteiger partial charge in [0, 0.05) is 12.1 Å². The molecule has 0 saturated heterocycles. The number of carboxylic acids is 1. The molecule has 0 atom stereocenters. The molecule has 1 fully saturated rings. The number of carboxylic acid groups (broad SMARTS) is 1. The van der Waals surface area contributed by atoms with E-state index in [-0.39, 0.29) is 12.5 Å². The van der Waals surface area contributed by atoms with E-state index in [1.165, 1.54) is 0 Å². The quantitative estimate of drug-likeness (QED) is 0.801.